The molecule has 4 rings (SSSR count). The minimum atomic E-state index is -4.63. The maximum absolute atomic E-state index is 12.9. The van der Waals surface area contributed by atoms with Crippen molar-refractivity contribution in [3.05, 3.63) is 32.8 Å². The van der Waals surface area contributed by atoms with Crippen molar-refractivity contribution in [2.24, 2.45) is 7.05 Å². The summed E-state index contributed by atoms with van der Waals surface area (Å²) >= 11 is 5.92. The topological polar surface area (TPSA) is 103 Å². The van der Waals surface area contributed by atoms with E-state index in [4.69, 9.17) is 11.6 Å². The highest BCUT2D eigenvalue weighted by Gasteiger charge is 2.37. The molecule has 138 valence electrons. The summed E-state index contributed by atoms with van der Waals surface area (Å²) in [6.07, 6.45) is -4.63. The molecule has 3 aromatic rings. The Balaban J connectivity index is 2.01. The van der Waals surface area contributed by atoms with Gasteiger partial charge in [-0.25, -0.2) is 4.98 Å². The number of pyridine rings is 1. The van der Waals surface area contributed by atoms with Crippen LogP contribution >= 0.6 is 11.6 Å². The number of hydrogen-bond donors (Lipinski definition) is 4. The molecule has 0 unspecified atom stereocenters. The molecular weight excluding hydrogens is 375 g/mol. The molecule has 3 aromatic heterocycles. The molecule has 0 amide bonds. The van der Waals surface area contributed by atoms with Gasteiger partial charge in [0.15, 0.2) is 5.82 Å². The fourth-order valence-corrected chi connectivity index (χ4v) is 3.36. The average Bonchev–Trinajstić information content (AvgIpc) is 3.28. The lowest BCUT2D eigenvalue weighted by atomic mass is 9.98. The van der Waals surface area contributed by atoms with Gasteiger partial charge < -0.3 is 9.55 Å². The zero-order valence-electron chi connectivity index (χ0n) is 13.3. The minimum absolute atomic E-state index is 0.00941. The Kier molecular flexibility index (Phi) is 3.82. The van der Waals surface area contributed by atoms with Gasteiger partial charge in [0.1, 0.15) is 5.02 Å². The smallest absolute Gasteiger partial charge is 0.339 e. The quantitative estimate of drug-likeness (QED) is 0.534. The van der Waals surface area contributed by atoms with Crippen LogP contribution in [-0.4, -0.2) is 37.8 Å². The second-order valence-corrected chi connectivity index (χ2v) is 6.40. The summed E-state index contributed by atoms with van der Waals surface area (Å²) in [7, 11) is 1.66. The van der Waals surface area contributed by atoms with E-state index >= 15 is 0 Å². The van der Waals surface area contributed by atoms with E-state index in [1.165, 1.54) is 6.07 Å². The summed E-state index contributed by atoms with van der Waals surface area (Å²) in [6.45, 7) is 1.07. The molecule has 8 nitrogen and oxygen atoms in total. The predicted octanol–water partition coefficient (Wildman–Crippen LogP) is 1.52. The Labute approximate surface area is 148 Å². The lowest BCUT2D eigenvalue weighted by Gasteiger charge is -2.09. The first-order chi connectivity index (χ1) is 12.3. The normalized spacial score (nSPS) is 16.0. The first kappa shape index (κ1) is 17.1. The first-order valence-corrected chi connectivity index (χ1v) is 8.02. The van der Waals surface area contributed by atoms with E-state index < -0.39 is 17.6 Å². The third kappa shape index (κ3) is 2.59. The number of hydrazine groups is 1. The monoisotopic (exact) mass is 387 g/mol. The zero-order chi connectivity index (χ0) is 18.6. The molecule has 0 aromatic carbocycles. The van der Waals surface area contributed by atoms with Gasteiger partial charge in [-0.3, -0.25) is 20.7 Å². The van der Waals surface area contributed by atoms with Gasteiger partial charge in [-0.1, -0.05) is 11.6 Å². The van der Waals surface area contributed by atoms with Gasteiger partial charge in [0, 0.05) is 31.6 Å². The fraction of sp³-hybridized carbons (Fsp3) is 0.357. The number of halogens is 4. The summed E-state index contributed by atoms with van der Waals surface area (Å²) in [5, 5.41) is 5.66. The largest absolute Gasteiger partial charge is 0.451 e. The number of aromatic nitrogens is 5. The third-order valence-corrected chi connectivity index (χ3v) is 4.67. The molecule has 12 heteroatoms. The molecule has 1 aliphatic heterocycles. The molecule has 4 heterocycles. The average molecular weight is 388 g/mol. The second kappa shape index (κ2) is 5.83. The predicted molar refractivity (Wildman–Crippen MR) is 87.7 cm³/mol. The third-order valence-electron chi connectivity index (χ3n) is 4.39. The van der Waals surface area contributed by atoms with Gasteiger partial charge in [0.25, 0.3) is 5.56 Å². The van der Waals surface area contributed by atoms with Gasteiger partial charge in [-0.2, -0.15) is 18.3 Å². The van der Waals surface area contributed by atoms with E-state index in [0.717, 1.165) is 0 Å². The fourth-order valence-electron chi connectivity index (χ4n) is 3.21. The van der Waals surface area contributed by atoms with Crippen LogP contribution in [0.3, 0.4) is 0 Å². The highest BCUT2D eigenvalue weighted by molar-refractivity contribution is 6.31. The standard InChI is InChI=1S/C14H13ClF3N7O/c1-25-7-2-6(15)12(26)21-9(7)8(5-3-19-20-4-5)10(25)11-22-13(24-23-11)14(16,17)18/h2,5,19-20H,3-4H2,1H3,(H,21,26)(H,22,23,24). The number of aryl methyl sites for hydroxylation is 1. The number of alkyl halides is 3. The van der Waals surface area contributed by atoms with Gasteiger partial charge >= 0.3 is 6.18 Å². The Morgan fingerprint density at radius 3 is 2.62 bits per heavy atom. The zero-order valence-corrected chi connectivity index (χ0v) is 14.1. The van der Waals surface area contributed by atoms with Crippen molar-refractivity contribution < 1.29 is 13.2 Å². The van der Waals surface area contributed by atoms with Crippen molar-refractivity contribution in [3.8, 4) is 11.5 Å². The van der Waals surface area contributed by atoms with E-state index in [0.29, 0.717) is 35.4 Å². The second-order valence-electron chi connectivity index (χ2n) is 5.99. The Morgan fingerprint density at radius 1 is 1.31 bits per heavy atom. The number of aromatic amines is 2. The van der Waals surface area contributed by atoms with Crippen molar-refractivity contribution in [3.63, 3.8) is 0 Å². The van der Waals surface area contributed by atoms with Crippen molar-refractivity contribution in [1.29, 1.82) is 0 Å². The summed E-state index contributed by atoms with van der Waals surface area (Å²) in [6, 6.07) is 1.48. The van der Waals surface area contributed by atoms with Gasteiger partial charge in [-0.15, -0.1) is 0 Å². The summed E-state index contributed by atoms with van der Waals surface area (Å²) in [4.78, 5) is 18.3. The van der Waals surface area contributed by atoms with Crippen molar-refractivity contribution in [1.82, 2.24) is 35.6 Å². The van der Waals surface area contributed by atoms with E-state index in [1.807, 2.05) is 5.10 Å². The number of H-pyrrole nitrogens is 2. The number of hydrogen-bond acceptors (Lipinski definition) is 5. The molecule has 1 aliphatic rings. The van der Waals surface area contributed by atoms with Crippen molar-refractivity contribution in [2.45, 2.75) is 12.1 Å². The van der Waals surface area contributed by atoms with Crippen LogP contribution in [0.2, 0.25) is 5.02 Å². The van der Waals surface area contributed by atoms with Gasteiger partial charge in [0.05, 0.1) is 16.7 Å². The first-order valence-electron chi connectivity index (χ1n) is 7.64. The molecule has 0 spiro atoms. The van der Waals surface area contributed by atoms with Crippen LogP contribution in [0.4, 0.5) is 13.2 Å². The summed E-state index contributed by atoms with van der Waals surface area (Å²) < 4.78 is 40.3. The summed E-state index contributed by atoms with van der Waals surface area (Å²) in [5.74, 6) is -1.38. The highest BCUT2D eigenvalue weighted by atomic mass is 35.5. The van der Waals surface area contributed by atoms with Crippen molar-refractivity contribution >= 4 is 22.6 Å². The van der Waals surface area contributed by atoms with Crippen LogP contribution in [0.25, 0.3) is 22.6 Å². The molecule has 4 N–H and O–H groups in total. The van der Waals surface area contributed by atoms with E-state index in [1.54, 1.807) is 11.6 Å². The van der Waals surface area contributed by atoms with Crippen LogP contribution in [0, 0.1) is 0 Å². The van der Waals surface area contributed by atoms with E-state index in [-0.39, 0.29) is 16.8 Å². The van der Waals surface area contributed by atoms with E-state index in [2.05, 4.69) is 25.9 Å². The van der Waals surface area contributed by atoms with Crippen molar-refractivity contribution in [2.75, 3.05) is 13.1 Å². The van der Waals surface area contributed by atoms with Crippen LogP contribution in [0.1, 0.15) is 17.3 Å². The Hall–Kier alpha value is -2.37. The van der Waals surface area contributed by atoms with Gasteiger partial charge in [0.2, 0.25) is 5.82 Å². The maximum atomic E-state index is 12.9. The number of nitrogens with one attached hydrogen (secondary N) is 4. The molecule has 26 heavy (non-hydrogen) atoms. The SMILES string of the molecule is Cn1c(-c2n[nH]c(C(F)(F)F)n2)c(C2CNNC2)c2[nH]c(=O)c(Cl)cc21. The molecular formula is C14H13ClF3N7O. The van der Waals surface area contributed by atoms with Crippen LogP contribution in [0.15, 0.2) is 10.9 Å². The minimum Gasteiger partial charge on any atom is -0.339 e. The Morgan fingerprint density at radius 2 is 2.00 bits per heavy atom. The van der Waals surface area contributed by atoms with E-state index in [9.17, 15) is 18.0 Å². The molecule has 1 saturated heterocycles. The van der Waals surface area contributed by atoms with Crippen LogP contribution in [0.5, 0.6) is 0 Å². The summed E-state index contributed by atoms with van der Waals surface area (Å²) in [5.41, 5.74) is 7.60. The molecule has 0 saturated carbocycles. The molecule has 0 aliphatic carbocycles. The number of nitrogens with zero attached hydrogens (tertiary/aromatic N) is 3. The number of fused-ring (bicyclic) bond motifs is 1. The lowest BCUT2D eigenvalue weighted by molar-refractivity contribution is -0.144. The van der Waals surface area contributed by atoms with Crippen LogP contribution < -0.4 is 16.4 Å². The van der Waals surface area contributed by atoms with Gasteiger partial charge in [-0.05, 0) is 6.07 Å². The highest BCUT2D eigenvalue weighted by Crippen LogP contribution is 2.37. The molecule has 0 radical (unpaired) electrons. The Bertz CT molecular complexity index is 1050. The number of rotatable bonds is 2. The molecule has 1 fully saturated rings. The lowest BCUT2D eigenvalue weighted by Crippen LogP contribution is -2.21. The van der Waals surface area contributed by atoms with Crippen LogP contribution in [-0.2, 0) is 13.2 Å². The molecule has 0 atom stereocenters. The molecule has 0 bridgehead atoms. The maximum Gasteiger partial charge on any atom is 0.451 e.